The first-order valence-electron chi connectivity index (χ1n) is 9.04. The fourth-order valence-electron chi connectivity index (χ4n) is 3.23. The highest BCUT2D eigenvalue weighted by atomic mass is 35.5. The molecule has 0 aromatic heterocycles. The Morgan fingerprint density at radius 3 is 2.48 bits per heavy atom. The van der Waals surface area contributed by atoms with E-state index < -0.39 is 0 Å². The second-order valence-electron chi connectivity index (χ2n) is 7.05. The van der Waals surface area contributed by atoms with Gasteiger partial charge < -0.3 is 15.1 Å². The quantitative estimate of drug-likeness (QED) is 0.828. The van der Waals surface area contributed by atoms with Crippen LogP contribution < -0.4 is 10.2 Å². The van der Waals surface area contributed by atoms with Crippen LogP contribution in [0.5, 0.6) is 0 Å². The van der Waals surface area contributed by atoms with Crippen LogP contribution in [-0.2, 0) is 17.9 Å². The summed E-state index contributed by atoms with van der Waals surface area (Å²) < 4.78 is 0. The van der Waals surface area contributed by atoms with E-state index in [0.29, 0.717) is 35.8 Å². The smallest absolute Gasteiger partial charge is 0.253 e. The summed E-state index contributed by atoms with van der Waals surface area (Å²) in [7, 11) is 4.06. The van der Waals surface area contributed by atoms with Crippen LogP contribution in [0.1, 0.15) is 34.3 Å². The molecule has 1 fully saturated rings. The van der Waals surface area contributed by atoms with Crippen molar-refractivity contribution in [3.63, 3.8) is 0 Å². The second kappa shape index (κ2) is 8.55. The third-order valence-corrected chi connectivity index (χ3v) is 4.78. The number of anilines is 1. The van der Waals surface area contributed by atoms with E-state index in [4.69, 9.17) is 11.6 Å². The normalized spacial score (nSPS) is 14.1. The van der Waals surface area contributed by atoms with Gasteiger partial charge in [-0.25, -0.2) is 0 Å². The molecule has 2 amide bonds. The molecule has 0 unspecified atom stereocenters. The van der Waals surface area contributed by atoms with Crippen LogP contribution >= 0.6 is 11.6 Å². The van der Waals surface area contributed by atoms with Crippen molar-refractivity contribution >= 4 is 29.1 Å². The maximum absolute atomic E-state index is 12.7. The predicted octanol–water partition coefficient (Wildman–Crippen LogP) is 3.46. The Hall–Kier alpha value is -2.37. The van der Waals surface area contributed by atoms with Gasteiger partial charge in [0.25, 0.3) is 5.91 Å². The van der Waals surface area contributed by atoms with Gasteiger partial charge in [0.05, 0.1) is 11.3 Å². The van der Waals surface area contributed by atoms with E-state index in [-0.39, 0.29) is 11.8 Å². The molecule has 0 aliphatic carbocycles. The van der Waals surface area contributed by atoms with Gasteiger partial charge in [-0.3, -0.25) is 9.59 Å². The maximum Gasteiger partial charge on any atom is 0.253 e. The van der Waals surface area contributed by atoms with Crippen LogP contribution in [0.3, 0.4) is 0 Å². The number of rotatable bonds is 6. The van der Waals surface area contributed by atoms with Crippen molar-refractivity contribution in [2.75, 3.05) is 25.5 Å². The fourth-order valence-corrected chi connectivity index (χ4v) is 3.39. The highest BCUT2D eigenvalue weighted by Crippen LogP contribution is 2.28. The molecule has 1 saturated heterocycles. The number of hydrogen-bond donors (Lipinski definition) is 1. The Balaban J connectivity index is 1.70. The third kappa shape index (κ3) is 4.87. The van der Waals surface area contributed by atoms with E-state index in [1.165, 1.54) is 5.56 Å². The number of carbonyl (C=O) groups is 2. The molecular weight excluding hydrogens is 362 g/mol. The van der Waals surface area contributed by atoms with Crippen molar-refractivity contribution in [1.82, 2.24) is 10.2 Å². The summed E-state index contributed by atoms with van der Waals surface area (Å²) in [5, 5.41) is 3.46. The number of carbonyl (C=O) groups excluding carboxylic acids is 2. The van der Waals surface area contributed by atoms with Gasteiger partial charge in [0.15, 0.2) is 0 Å². The van der Waals surface area contributed by atoms with Gasteiger partial charge in [0.1, 0.15) is 0 Å². The molecule has 0 atom stereocenters. The summed E-state index contributed by atoms with van der Waals surface area (Å²) in [5.41, 5.74) is 3.31. The van der Waals surface area contributed by atoms with Gasteiger partial charge in [-0.15, -0.1) is 0 Å². The molecule has 1 aliphatic rings. The monoisotopic (exact) mass is 385 g/mol. The Kier molecular flexibility index (Phi) is 6.14. The number of amides is 2. The molecule has 5 nitrogen and oxygen atoms in total. The van der Waals surface area contributed by atoms with Gasteiger partial charge in [-0.2, -0.15) is 0 Å². The van der Waals surface area contributed by atoms with Crippen LogP contribution in [0.4, 0.5) is 5.69 Å². The standard InChI is InChI=1S/C21H24ClN3O2/c1-24(2)14-16-7-5-15(6-8-16)13-23-21(27)18-10-9-17(22)12-19(18)25-11-3-4-20(25)26/h5-10,12H,3-4,11,13-14H2,1-2H3,(H,23,27). The average molecular weight is 386 g/mol. The number of nitrogens with one attached hydrogen (secondary N) is 1. The summed E-state index contributed by atoms with van der Waals surface area (Å²) >= 11 is 6.10. The van der Waals surface area contributed by atoms with E-state index in [9.17, 15) is 9.59 Å². The van der Waals surface area contributed by atoms with E-state index in [1.807, 2.05) is 26.2 Å². The first-order valence-corrected chi connectivity index (χ1v) is 9.42. The summed E-state index contributed by atoms with van der Waals surface area (Å²) in [6.45, 7) is 1.93. The minimum atomic E-state index is -0.210. The molecule has 1 N–H and O–H groups in total. The van der Waals surface area contributed by atoms with Crippen LogP contribution in [0.15, 0.2) is 42.5 Å². The van der Waals surface area contributed by atoms with Crippen molar-refractivity contribution in [2.24, 2.45) is 0 Å². The molecule has 1 aliphatic heterocycles. The van der Waals surface area contributed by atoms with Crippen LogP contribution in [0.2, 0.25) is 5.02 Å². The van der Waals surface area contributed by atoms with Crippen molar-refractivity contribution in [3.05, 3.63) is 64.2 Å². The lowest BCUT2D eigenvalue weighted by Gasteiger charge is -2.20. The molecule has 27 heavy (non-hydrogen) atoms. The molecule has 1 heterocycles. The molecule has 2 aromatic rings. The van der Waals surface area contributed by atoms with Crippen LogP contribution in [0, 0.1) is 0 Å². The van der Waals surface area contributed by atoms with Gasteiger partial charge >= 0.3 is 0 Å². The summed E-state index contributed by atoms with van der Waals surface area (Å²) in [4.78, 5) is 28.6. The Morgan fingerprint density at radius 1 is 1.15 bits per heavy atom. The topological polar surface area (TPSA) is 52.7 Å². The van der Waals surface area contributed by atoms with E-state index >= 15 is 0 Å². The summed E-state index contributed by atoms with van der Waals surface area (Å²) in [6.07, 6.45) is 1.30. The highest BCUT2D eigenvalue weighted by Gasteiger charge is 2.26. The minimum Gasteiger partial charge on any atom is -0.348 e. The highest BCUT2D eigenvalue weighted by molar-refractivity contribution is 6.31. The Bertz CT molecular complexity index is 834. The molecule has 0 saturated carbocycles. The minimum absolute atomic E-state index is 0.0304. The Labute approximate surface area is 164 Å². The average Bonchev–Trinajstić information content (AvgIpc) is 3.06. The first-order chi connectivity index (χ1) is 12.9. The van der Waals surface area contributed by atoms with Crippen molar-refractivity contribution in [2.45, 2.75) is 25.9 Å². The van der Waals surface area contributed by atoms with Gasteiger partial charge in [0.2, 0.25) is 5.91 Å². The predicted molar refractivity (Wildman–Crippen MR) is 108 cm³/mol. The molecule has 0 spiro atoms. The number of benzene rings is 2. The van der Waals surface area contributed by atoms with Crippen molar-refractivity contribution in [3.8, 4) is 0 Å². The van der Waals surface area contributed by atoms with Gasteiger partial charge in [0, 0.05) is 31.1 Å². The Morgan fingerprint density at radius 2 is 1.85 bits per heavy atom. The maximum atomic E-state index is 12.7. The number of nitrogens with zero attached hydrogens (tertiary/aromatic N) is 2. The summed E-state index contributed by atoms with van der Waals surface area (Å²) in [6, 6.07) is 13.2. The first kappa shape index (κ1) is 19.4. The molecule has 0 radical (unpaired) electrons. The van der Waals surface area contributed by atoms with E-state index in [0.717, 1.165) is 18.5 Å². The molecule has 6 heteroatoms. The van der Waals surface area contributed by atoms with Crippen molar-refractivity contribution < 1.29 is 9.59 Å². The van der Waals surface area contributed by atoms with Crippen LogP contribution in [0.25, 0.3) is 0 Å². The van der Waals surface area contributed by atoms with Crippen LogP contribution in [-0.4, -0.2) is 37.4 Å². The molecule has 2 aromatic carbocycles. The lowest BCUT2D eigenvalue weighted by Crippen LogP contribution is -2.29. The van der Waals surface area contributed by atoms with Gasteiger partial charge in [-0.1, -0.05) is 35.9 Å². The number of halogens is 1. The second-order valence-corrected chi connectivity index (χ2v) is 7.48. The third-order valence-electron chi connectivity index (χ3n) is 4.54. The van der Waals surface area contributed by atoms with Crippen molar-refractivity contribution in [1.29, 1.82) is 0 Å². The molecule has 3 rings (SSSR count). The zero-order chi connectivity index (χ0) is 19.4. The van der Waals surface area contributed by atoms with E-state index in [2.05, 4.69) is 22.3 Å². The molecule has 0 bridgehead atoms. The SMILES string of the molecule is CN(C)Cc1ccc(CNC(=O)c2ccc(Cl)cc2N2CCCC2=O)cc1. The lowest BCUT2D eigenvalue weighted by molar-refractivity contribution is -0.117. The molecular formula is C21H24ClN3O2. The number of hydrogen-bond acceptors (Lipinski definition) is 3. The zero-order valence-electron chi connectivity index (χ0n) is 15.7. The molecule has 142 valence electrons. The zero-order valence-corrected chi connectivity index (χ0v) is 16.4. The lowest BCUT2D eigenvalue weighted by atomic mass is 10.1. The summed E-state index contributed by atoms with van der Waals surface area (Å²) in [5.74, 6) is -0.179. The largest absolute Gasteiger partial charge is 0.348 e. The van der Waals surface area contributed by atoms with Gasteiger partial charge in [-0.05, 0) is 49.8 Å². The fraction of sp³-hybridized carbons (Fsp3) is 0.333. The van der Waals surface area contributed by atoms with E-state index in [1.54, 1.807) is 23.1 Å².